The number of nitrogens with zero attached hydrogens (tertiary/aromatic N) is 2. The first-order valence-corrected chi connectivity index (χ1v) is 3.33. The molecule has 2 aromatic heterocycles. The molecule has 2 N–H and O–H groups in total. The zero-order valence-electron chi connectivity index (χ0n) is 5.86. The summed E-state index contributed by atoms with van der Waals surface area (Å²) in [6, 6.07) is 7.33. The lowest BCUT2D eigenvalue weighted by Crippen LogP contribution is -1.89. The average molecular weight is 145 g/mol. The van der Waals surface area contributed by atoms with E-state index in [9.17, 15) is 0 Å². The Kier molecular flexibility index (Phi) is 1.22. The van der Waals surface area contributed by atoms with Crippen LogP contribution in [0.15, 0.2) is 30.5 Å². The zero-order chi connectivity index (χ0) is 7.68. The van der Waals surface area contributed by atoms with E-state index in [0.717, 1.165) is 11.0 Å². The molecule has 0 saturated carbocycles. The number of aromatic nitrogens is 2. The second-order valence-electron chi connectivity index (χ2n) is 2.28. The number of fused-ring (bicyclic) bond motifs is 1. The highest BCUT2D eigenvalue weighted by Gasteiger charge is 1.92. The van der Waals surface area contributed by atoms with Crippen LogP contribution in [0.5, 0.6) is 0 Å². The first-order chi connectivity index (χ1) is 5.36. The van der Waals surface area contributed by atoms with Gasteiger partial charge in [-0.1, -0.05) is 0 Å². The molecule has 0 fully saturated rings. The van der Waals surface area contributed by atoms with Crippen molar-refractivity contribution in [3.63, 3.8) is 0 Å². The normalized spacial score (nSPS) is 10.2. The number of rotatable bonds is 0. The van der Waals surface area contributed by atoms with Gasteiger partial charge in [0, 0.05) is 6.20 Å². The van der Waals surface area contributed by atoms with Crippen molar-refractivity contribution in [3.8, 4) is 0 Å². The van der Waals surface area contributed by atoms with Crippen molar-refractivity contribution < 1.29 is 0 Å². The lowest BCUT2D eigenvalue weighted by atomic mass is 10.3. The molecule has 0 atom stereocenters. The Morgan fingerprint density at radius 1 is 1.09 bits per heavy atom. The van der Waals surface area contributed by atoms with E-state index in [2.05, 4.69) is 9.97 Å². The van der Waals surface area contributed by atoms with Gasteiger partial charge in [-0.3, -0.25) is 4.98 Å². The molecule has 0 aliphatic heterocycles. The summed E-state index contributed by atoms with van der Waals surface area (Å²) >= 11 is 0. The second-order valence-corrected chi connectivity index (χ2v) is 2.28. The minimum Gasteiger partial charge on any atom is -0.384 e. The maximum absolute atomic E-state index is 5.48. The highest BCUT2D eigenvalue weighted by Crippen LogP contribution is 2.08. The van der Waals surface area contributed by atoms with Crippen molar-refractivity contribution in [2.75, 3.05) is 5.73 Å². The van der Waals surface area contributed by atoms with Crippen molar-refractivity contribution >= 4 is 16.9 Å². The highest BCUT2D eigenvalue weighted by molar-refractivity contribution is 5.75. The van der Waals surface area contributed by atoms with E-state index in [1.165, 1.54) is 0 Å². The predicted molar refractivity (Wildman–Crippen MR) is 44.0 cm³/mol. The summed E-state index contributed by atoms with van der Waals surface area (Å²) in [4.78, 5) is 8.20. The third-order valence-electron chi connectivity index (χ3n) is 1.48. The fourth-order valence-electron chi connectivity index (χ4n) is 0.973. The number of nitrogens with two attached hydrogens (primary N) is 1. The summed E-state index contributed by atoms with van der Waals surface area (Å²) in [5, 5.41) is 0. The molecule has 0 spiro atoms. The molecule has 0 bridgehead atoms. The molecule has 0 unspecified atom stereocenters. The third-order valence-corrected chi connectivity index (χ3v) is 1.48. The molecule has 0 aliphatic carbocycles. The van der Waals surface area contributed by atoms with E-state index in [0.29, 0.717) is 5.82 Å². The summed E-state index contributed by atoms with van der Waals surface area (Å²) in [5.41, 5.74) is 7.20. The Bertz CT molecular complexity index is 384. The number of hydrogen-bond acceptors (Lipinski definition) is 3. The maximum atomic E-state index is 5.48. The van der Waals surface area contributed by atoms with Gasteiger partial charge in [0.05, 0.1) is 11.0 Å². The summed E-state index contributed by atoms with van der Waals surface area (Å²) in [7, 11) is 0. The molecule has 0 aromatic carbocycles. The van der Waals surface area contributed by atoms with Gasteiger partial charge in [-0.25, -0.2) is 4.98 Å². The fourth-order valence-corrected chi connectivity index (χ4v) is 0.973. The first kappa shape index (κ1) is 6.09. The van der Waals surface area contributed by atoms with Gasteiger partial charge in [0.1, 0.15) is 5.82 Å². The van der Waals surface area contributed by atoms with Gasteiger partial charge in [0.2, 0.25) is 0 Å². The minimum atomic E-state index is 0.533. The van der Waals surface area contributed by atoms with Crippen LogP contribution in [-0.4, -0.2) is 9.97 Å². The maximum Gasteiger partial charge on any atom is 0.124 e. The van der Waals surface area contributed by atoms with Crippen LogP contribution < -0.4 is 5.73 Å². The van der Waals surface area contributed by atoms with Crippen molar-refractivity contribution in [1.29, 1.82) is 0 Å². The summed E-state index contributed by atoms with van der Waals surface area (Å²) in [6.07, 6.45) is 1.74. The molecule has 0 radical (unpaired) electrons. The molecular weight excluding hydrogens is 138 g/mol. The lowest BCUT2D eigenvalue weighted by Gasteiger charge is -1.95. The van der Waals surface area contributed by atoms with Crippen molar-refractivity contribution in [3.05, 3.63) is 30.5 Å². The first-order valence-electron chi connectivity index (χ1n) is 3.33. The molecule has 2 heterocycles. The van der Waals surface area contributed by atoms with Crippen LogP contribution in [0.25, 0.3) is 11.0 Å². The van der Waals surface area contributed by atoms with E-state index in [-0.39, 0.29) is 0 Å². The Balaban J connectivity index is 2.83. The van der Waals surface area contributed by atoms with E-state index >= 15 is 0 Å². The molecule has 54 valence electrons. The molecule has 11 heavy (non-hydrogen) atoms. The van der Waals surface area contributed by atoms with Gasteiger partial charge >= 0.3 is 0 Å². The lowest BCUT2D eigenvalue weighted by molar-refractivity contribution is 1.34. The Hall–Kier alpha value is -1.64. The Morgan fingerprint density at radius 3 is 2.91 bits per heavy atom. The fraction of sp³-hybridized carbons (Fsp3) is 0. The van der Waals surface area contributed by atoms with E-state index in [4.69, 9.17) is 5.73 Å². The smallest absolute Gasteiger partial charge is 0.124 e. The SMILES string of the molecule is Nc1ccc2ncccc2n1. The largest absolute Gasteiger partial charge is 0.384 e. The topological polar surface area (TPSA) is 51.8 Å². The monoisotopic (exact) mass is 145 g/mol. The van der Waals surface area contributed by atoms with Crippen LogP contribution in [0, 0.1) is 0 Å². The van der Waals surface area contributed by atoms with E-state index in [1.54, 1.807) is 12.3 Å². The summed E-state index contributed by atoms with van der Waals surface area (Å²) in [5.74, 6) is 0.533. The minimum absolute atomic E-state index is 0.533. The Morgan fingerprint density at radius 2 is 2.00 bits per heavy atom. The van der Waals surface area contributed by atoms with Gasteiger partial charge in [0.25, 0.3) is 0 Å². The van der Waals surface area contributed by atoms with Crippen molar-refractivity contribution in [1.82, 2.24) is 9.97 Å². The predicted octanol–water partition coefficient (Wildman–Crippen LogP) is 1.21. The molecule has 2 aromatic rings. The van der Waals surface area contributed by atoms with Gasteiger partial charge in [0.15, 0.2) is 0 Å². The van der Waals surface area contributed by atoms with Crippen LogP contribution in [0.1, 0.15) is 0 Å². The van der Waals surface area contributed by atoms with Crippen LogP contribution in [-0.2, 0) is 0 Å². The van der Waals surface area contributed by atoms with Crippen molar-refractivity contribution in [2.24, 2.45) is 0 Å². The number of hydrogen-bond donors (Lipinski definition) is 1. The zero-order valence-corrected chi connectivity index (χ0v) is 5.86. The molecule has 0 aliphatic rings. The number of nitrogen functional groups attached to an aromatic ring is 1. The van der Waals surface area contributed by atoms with Crippen LogP contribution in [0.3, 0.4) is 0 Å². The summed E-state index contributed by atoms with van der Waals surface area (Å²) in [6.45, 7) is 0. The summed E-state index contributed by atoms with van der Waals surface area (Å²) < 4.78 is 0. The number of anilines is 1. The Labute approximate surface area is 63.9 Å². The molecule has 0 saturated heterocycles. The number of pyridine rings is 2. The van der Waals surface area contributed by atoms with Gasteiger partial charge in [-0.05, 0) is 24.3 Å². The molecule has 0 amide bonds. The van der Waals surface area contributed by atoms with Crippen LogP contribution >= 0.6 is 0 Å². The van der Waals surface area contributed by atoms with E-state index < -0.39 is 0 Å². The van der Waals surface area contributed by atoms with Crippen LogP contribution in [0.2, 0.25) is 0 Å². The molecular formula is C8H7N3. The average Bonchev–Trinajstić information content (AvgIpc) is 2.04. The third kappa shape index (κ3) is 1.00. The highest BCUT2D eigenvalue weighted by atomic mass is 14.8. The standard InChI is InChI=1S/C8H7N3/c9-8-4-3-6-7(11-8)2-1-5-10-6/h1-5H,(H2,9,11). The quantitative estimate of drug-likeness (QED) is 0.606. The van der Waals surface area contributed by atoms with E-state index in [1.807, 2.05) is 18.2 Å². The molecule has 3 nitrogen and oxygen atoms in total. The van der Waals surface area contributed by atoms with Gasteiger partial charge < -0.3 is 5.73 Å². The van der Waals surface area contributed by atoms with Crippen molar-refractivity contribution in [2.45, 2.75) is 0 Å². The second kappa shape index (κ2) is 2.20. The molecule has 3 heteroatoms. The van der Waals surface area contributed by atoms with Gasteiger partial charge in [-0.2, -0.15) is 0 Å². The van der Waals surface area contributed by atoms with Crippen LogP contribution in [0.4, 0.5) is 5.82 Å². The molecule has 2 rings (SSSR count). The van der Waals surface area contributed by atoms with Gasteiger partial charge in [-0.15, -0.1) is 0 Å².